The van der Waals surface area contributed by atoms with Crippen LogP contribution in [0.25, 0.3) is 0 Å². The zero-order chi connectivity index (χ0) is 6.10. The highest BCUT2D eigenvalue weighted by molar-refractivity contribution is 5.82. The largest absolute Gasteiger partial charge is 0.477 e. The third-order valence-corrected chi connectivity index (χ3v) is 1.58. The molecule has 0 N–H and O–H groups in total. The van der Waals surface area contributed by atoms with Gasteiger partial charge >= 0.3 is 0 Å². The Kier molecular flexibility index (Phi) is 1.16. The van der Waals surface area contributed by atoms with Gasteiger partial charge in [0.25, 0.3) is 0 Å². The number of hydrogen-bond donors (Lipinski definition) is 0. The minimum Gasteiger partial charge on any atom is -0.477 e. The van der Waals surface area contributed by atoms with Crippen LogP contribution in [0.1, 0.15) is 6.42 Å². The van der Waals surface area contributed by atoms with Crippen molar-refractivity contribution in [3.63, 3.8) is 0 Å². The summed E-state index contributed by atoms with van der Waals surface area (Å²) in [6.07, 6.45) is 1.28. The van der Waals surface area contributed by atoms with E-state index in [0.29, 0.717) is 0 Å². The van der Waals surface area contributed by atoms with E-state index >= 15 is 0 Å². The van der Waals surface area contributed by atoms with Crippen LogP contribution in [0.2, 0.25) is 0 Å². The molecule has 0 unspecified atom stereocenters. The summed E-state index contributed by atoms with van der Waals surface area (Å²) < 4.78 is 10.3. The Morgan fingerprint density at radius 1 is 1.44 bits per heavy atom. The highest BCUT2D eigenvalue weighted by Crippen LogP contribution is 2.15. The minimum absolute atomic E-state index is 0.201. The lowest BCUT2D eigenvalue weighted by Crippen LogP contribution is -2.35. The third kappa shape index (κ3) is 0.812. The zero-order valence-electron chi connectivity index (χ0n) is 5.17. The van der Waals surface area contributed by atoms with Crippen molar-refractivity contribution < 1.29 is 9.47 Å². The molecule has 3 nitrogen and oxygen atoms in total. The van der Waals surface area contributed by atoms with Crippen LogP contribution in [0, 0.1) is 0 Å². The second kappa shape index (κ2) is 1.99. The van der Waals surface area contributed by atoms with Crippen molar-refractivity contribution in [2.75, 3.05) is 19.8 Å². The van der Waals surface area contributed by atoms with Gasteiger partial charge in [0.2, 0.25) is 5.90 Å². The molecule has 1 saturated heterocycles. The van der Waals surface area contributed by atoms with Crippen molar-refractivity contribution in [3.8, 4) is 0 Å². The van der Waals surface area contributed by atoms with E-state index in [1.165, 1.54) is 0 Å². The molecule has 0 spiro atoms. The van der Waals surface area contributed by atoms with E-state index in [1.54, 1.807) is 0 Å². The van der Waals surface area contributed by atoms with E-state index in [2.05, 4.69) is 4.99 Å². The molecule has 2 aliphatic rings. The van der Waals surface area contributed by atoms with Gasteiger partial charge in [-0.2, -0.15) is 0 Å². The molecule has 0 aromatic heterocycles. The van der Waals surface area contributed by atoms with Gasteiger partial charge in [-0.3, -0.25) is 0 Å². The van der Waals surface area contributed by atoms with Gasteiger partial charge in [-0.05, 0) is 0 Å². The number of rotatable bonds is 1. The van der Waals surface area contributed by atoms with Crippen LogP contribution in [0.15, 0.2) is 4.99 Å². The smallest absolute Gasteiger partial charge is 0.213 e. The first kappa shape index (κ1) is 5.23. The molecule has 2 aliphatic heterocycles. The predicted molar refractivity (Wildman–Crippen MR) is 32.6 cm³/mol. The third-order valence-electron chi connectivity index (χ3n) is 1.58. The summed E-state index contributed by atoms with van der Waals surface area (Å²) in [4.78, 5) is 4.13. The summed E-state index contributed by atoms with van der Waals surface area (Å²) in [5.74, 6) is 0.821. The van der Waals surface area contributed by atoms with Gasteiger partial charge in [0, 0.05) is 6.42 Å². The predicted octanol–water partition coefficient (Wildman–Crippen LogP) is 0.204. The normalized spacial score (nSPS) is 32.9. The van der Waals surface area contributed by atoms with Gasteiger partial charge < -0.3 is 9.47 Å². The number of hydrogen-bond acceptors (Lipinski definition) is 3. The van der Waals surface area contributed by atoms with Gasteiger partial charge in [0.1, 0.15) is 12.7 Å². The van der Waals surface area contributed by atoms with Crippen LogP contribution >= 0.6 is 0 Å². The second-order valence-electron chi connectivity index (χ2n) is 2.22. The SMILES string of the molecule is C1COC([C@@H]2CCO2)=N1. The van der Waals surface area contributed by atoms with Crippen molar-refractivity contribution in [1.29, 1.82) is 0 Å². The first-order valence-electron chi connectivity index (χ1n) is 3.25. The van der Waals surface area contributed by atoms with Crippen molar-refractivity contribution in [2.24, 2.45) is 4.99 Å². The molecule has 0 amide bonds. The first-order chi connectivity index (χ1) is 4.47. The molecule has 1 atom stereocenters. The maximum Gasteiger partial charge on any atom is 0.213 e. The van der Waals surface area contributed by atoms with Crippen molar-refractivity contribution in [3.05, 3.63) is 0 Å². The molecular formula is C6H9NO2. The molecule has 1 fully saturated rings. The lowest BCUT2D eigenvalue weighted by molar-refractivity contribution is -0.0173. The minimum atomic E-state index is 0.201. The van der Waals surface area contributed by atoms with Gasteiger partial charge in [0.05, 0.1) is 13.2 Å². The maximum absolute atomic E-state index is 5.18. The van der Waals surface area contributed by atoms with Crippen LogP contribution in [0.5, 0.6) is 0 Å². The average Bonchev–Trinajstić information content (AvgIpc) is 2.11. The Hall–Kier alpha value is -0.570. The van der Waals surface area contributed by atoms with Gasteiger partial charge in [0.15, 0.2) is 0 Å². The van der Waals surface area contributed by atoms with Crippen LogP contribution in [-0.4, -0.2) is 31.8 Å². The Morgan fingerprint density at radius 3 is 2.78 bits per heavy atom. The Bertz CT molecular complexity index is 140. The Morgan fingerprint density at radius 2 is 2.33 bits per heavy atom. The van der Waals surface area contributed by atoms with Crippen molar-refractivity contribution >= 4 is 5.90 Å². The Labute approximate surface area is 53.7 Å². The standard InChI is InChI=1S/C6H9NO2/c1-3-8-5(1)6-7-2-4-9-6/h5H,1-4H2/t5-/m0/s1. The summed E-state index contributed by atoms with van der Waals surface area (Å²) in [5.41, 5.74) is 0. The van der Waals surface area contributed by atoms with E-state index in [4.69, 9.17) is 9.47 Å². The summed E-state index contributed by atoms with van der Waals surface area (Å²) in [7, 11) is 0. The molecule has 2 rings (SSSR count). The fourth-order valence-corrected chi connectivity index (χ4v) is 0.977. The molecule has 2 heterocycles. The zero-order valence-corrected chi connectivity index (χ0v) is 5.17. The quantitative estimate of drug-likeness (QED) is 0.504. The molecule has 50 valence electrons. The first-order valence-corrected chi connectivity index (χ1v) is 3.25. The summed E-state index contributed by atoms with van der Waals surface area (Å²) in [6.45, 7) is 2.43. The lowest BCUT2D eigenvalue weighted by Gasteiger charge is -2.25. The molecule has 0 aromatic carbocycles. The molecule has 0 saturated carbocycles. The van der Waals surface area contributed by atoms with E-state index in [9.17, 15) is 0 Å². The highest BCUT2D eigenvalue weighted by Gasteiger charge is 2.27. The summed E-state index contributed by atoms with van der Waals surface area (Å²) >= 11 is 0. The highest BCUT2D eigenvalue weighted by atomic mass is 16.6. The number of nitrogens with zero attached hydrogens (tertiary/aromatic N) is 1. The molecule has 0 aliphatic carbocycles. The van der Waals surface area contributed by atoms with Crippen molar-refractivity contribution in [2.45, 2.75) is 12.5 Å². The van der Waals surface area contributed by atoms with E-state index in [-0.39, 0.29) is 6.10 Å². The molecule has 0 aromatic rings. The fraction of sp³-hybridized carbons (Fsp3) is 0.833. The lowest BCUT2D eigenvalue weighted by atomic mass is 10.2. The number of ether oxygens (including phenoxy) is 2. The summed E-state index contributed by atoms with van der Waals surface area (Å²) in [5, 5.41) is 0. The van der Waals surface area contributed by atoms with Gasteiger partial charge in [-0.15, -0.1) is 0 Å². The van der Waals surface area contributed by atoms with E-state index in [0.717, 1.165) is 32.1 Å². The molecule has 0 radical (unpaired) electrons. The van der Waals surface area contributed by atoms with E-state index in [1.807, 2.05) is 0 Å². The van der Waals surface area contributed by atoms with Gasteiger partial charge in [-0.1, -0.05) is 0 Å². The molecular weight excluding hydrogens is 118 g/mol. The Balaban J connectivity index is 1.95. The topological polar surface area (TPSA) is 30.8 Å². The molecule has 0 bridgehead atoms. The monoisotopic (exact) mass is 127 g/mol. The molecule has 3 heteroatoms. The number of aliphatic imine (C=N–C) groups is 1. The average molecular weight is 127 g/mol. The molecule has 9 heavy (non-hydrogen) atoms. The second-order valence-corrected chi connectivity index (χ2v) is 2.22. The van der Waals surface area contributed by atoms with Gasteiger partial charge in [-0.25, -0.2) is 4.99 Å². The van der Waals surface area contributed by atoms with Crippen molar-refractivity contribution in [1.82, 2.24) is 0 Å². The summed E-state index contributed by atoms with van der Waals surface area (Å²) in [6, 6.07) is 0. The van der Waals surface area contributed by atoms with Crippen LogP contribution in [0.3, 0.4) is 0 Å². The van der Waals surface area contributed by atoms with Crippen LogP contribution in [-0.2, 0) is 9.47 Å². The fourth-order valence-electron chi connectivity index (χ4n) is 0.977. The van der Waals surface area contributed by atoms with Crippen LogP contribution < -0.4 is 0 Å². The van der Waals surface area contributed by atoms with Crippen LogP contribution in [0.4, 0.5) is 0 Å². The van der Waals surface area contributed by atoms with E-state index < -0.39 is 0 Å². The maximum atomic E-state index is 5.18.